The average molecular weight is 445 g/mol. The molecule has 0 radical (unpaired) electrons. The lowest BCUT2D eigenvalue weighted by atomic mass is 10.0. The summed E-state index contributed by atoms with van der Waals surface area (Å²) in [6.07, 6.45) is 2.06. The molecule has 1 unspecified atom stereocenters. The Bertz CT molecular complexity index is 1090. The van der Waals surface area contributed by atoms with E-state index in [4.69, 9.17) is 16.6 Å². The molecule has 0 saturated carbocycles. The summed E-state index contributed by atoms with van der Waals surface area (Å²) in [6.45, 7) is 4.46. The zero-order valence-corrected chi connectivity index (χ0v) is 19.0. The lowest BCUT2D eigenvalue weighted by Crippen LogP contribution is -2.33. The second kappa shape index (κ2) is 9.86. The summed E-state index contributed by atoms with van der Waals surface area (Å²) in [4.78, 5) is 5.03. The van der Waals surface area contributed by atoms with Crippen molar-refractivity contribution in [3.05, 3.63) is 99.6 Å². The Hall–Kier alpha value is -2.66. The number of rotatable bonds is 5. The number of hydrogen-bond acceptors (Lipinski definition) is 4. The number of nitrogens with zero attached hydrogens (tertiary/aromatic N) is 1. The molecule has 2 aliphatic heterocycles. The van der Waals surface area contributed by atoms with Gasteiger partial charge in [-0.15, -0.1) is 0 Å². The standard InChI is InChI=1S/C27H29ClN4/c28-24-11-10-20-12-14-29-15-13-23(20)27(24)31-16-19-6-8-22(9-7-19)26-18-30-17-25(32-26)21-4-2-1-3-5-21/h1-11,25,29-31H,12-18H2. The van der Waals surface area contributed by atoms with Gasteiger partial charge in [0, 0.05) is 19.6 Å². The van der Waals surface area contributed by atoms with Crippen LogP contribution < -0.4 is 16.0 Å². The van der Waals surface area contributed by atoms with Crippen LogP contribution in [0, 0.1) is 0 Å². The number of halogens is 1. The van der Waals surface area contributed by atoms with Gasteiger partial charge in [-0.2, -0.15) is 0 Å². The maximum absolute atomic E-state index is 6.57. The molecule has 0 fully saturated rings. The molecule has 3 aromatic carbocycles. The first-order valence-corrected chi connectivity index (χ1v) is 11.8. The fraction of sp³-hybridized carbons (Fsp3) is 0.296. The summed E-state index contributed by atoms with van der Waals surface area (Å²) in [7, 11) is 0. The lowest BCUT2D eigenvalue weighted by molar-refractivity contribution is 0.610. The van der Waals surface area contributed by atoms with Crippen molar-refractivity contribution in [2.75, 3.05) is 31.5 Å². The molecular formula is C27H29ClN4. The van der Waals surface area contributed by atoms with Gasteiger partial charge < -0.3 is 16.0 Å². The Morgan fingerprint density at radius 3 is 2.56 bits per heavy atom. The first-order valence-electron chi connectivity index (χ1n) is 11.4. The predicted molar refractivity (Wildman–Crippen MR) is 134 cm³/mol. The third-order valence-electron chi connectivity index (χ3n) is 6.36. The minimum atomic E-state index is 0.172. The highest BCUT2D eigenvalue weighted by molar-refractivity contribution is 6.33. The number of fused-ring (bicyclic) bond motifs is 1. The summed E-state index contributed by atoms with van der Waals surface area (Å²) in [5.41, 5.74) is 8.63. The lowest BCUT2D eigenvalue weighted by Gasteiger charge is -2.22. The smallest absolute Gasteiger partial charge is 0.0877 e. The van der Waals surface area contributed by atoms with Gasteiger partial charge in [-0.25, -0.2) is 0 Å². The topological polar surface area (TPSA) is 48.5 Å². The van der Waals surface area contributed by atoms with Gasteiger partial charge in [-0.1, -0.05) is 72.3 Å². The fourth-order valence-corrected chi connectivity index (χ4v) is 4.83. The molecule has 3 N–H and O–H groups in total. The van der Waals surface area contributed by atoms with Crippen LogP contribution in [0.5, 0.6) is 0 Å². The van der Waals surface area contributed by atoms with Crippen LogP contribution in [0.25, 0.3) is 0 Å². The van der Waals surface area contributed by atoms with E-state index in [1.54, 1.807) is 0 Å². The third-order valence-corrected chi connectivity index (χ3v) is 6.68. The quantitative estimate of drug-likeness (QED) is 0.531. The van der Waals surface area contributed by atoms with Crippen LogP contribution in [0.2, 0.25) is 5.02 Å². The highest BCUT2D eigenvalue weighted by Crippen LogP contribution is 2.31. The number of benzene rings is 3. The van der Waals surface area contributed by atoms with E-state index in [1.165, 1.54) is 27.8 Å². The van der Waals surface area contributed by atoms with Crippen LogP contribution in [0.4, 0.5) is 5.69 Å². The highest BCUT2D eigenvalue weighted by atomic mass is 35.5. The Kier molecular flexibility index (Phi) is 6.54. The Morgan fingerprint density at radius 2 is 1.72 bits per heavy atom. The van der Waals surface area contributed by atoms with Gasteiger partial charge in [0.1, 0.15) is 0 Å². The molecule has 0 spiro atoms. The van der Waals surface area contributed by atoms with E-state index in [0.717, 1.165) is 62.0 Å². The Morgan fingerprint density at radius 1 is 0.906 bits per heavy atom. The van der Waals surface area contributed by atoms with Gasteiger partial charge in [0.15, 0.2) is 0 Å². The molecule has 0 amide bonds. The SMILES string of the molecule is Clc1ccc2c(c1NCc1ccc(C3=NC(c4ccccc4)CNC3)cc1)CCNCC2. The van der Waals surface area contributed by atoms with Gasteiger partial charge in [-0.3, -0.25) is 4.99 Å². The van der Waals surface area contributed by atoms with E-state index >= 15 is 0 Å². The summed E-state index contributed by atoms with van der Waals surface area (Å²) in [5.74, 6) is 0. The molecule has 2 heterocycles. The predicted octanol–water partition coefficient (Wildman–Crippen LogP) is 4.77. The summed E-state index contributed by atoms with van der Waals surface area (Å²) in [5, 5.41) is 11.4. The highest BCUT2D eigenvalue weighted by Gasteiger charge is 2.18. The molecule has 0 bridgehead atoms. The van der Waals surface area contributed by atoms with E-state index in [-0.39, 0.29) is 6.04 Å². The van der Waals surface area contributed by atoms with Crippen molar-refractivity contribution in [2.24, 2.45) is 4.99 Å². The maximum Gasteiger partial charge on any atom is 0.0877 e. The average Bonchev–Trinajstić information content (AvgIpc) is 3.10. The molecule has 0 aliphatic carbocycles. The maximum atomic E-state index is 6.57. The molecule has 164 valence electrons. The van der Waals surface area contributed by atoms with Crippen molar-refractivity contribution < 1.29 is 0 Å². The molecule has 4 nitrogen and oxygen atoms in total. The van der Waals surface area contributed by atoms with Crippen LogP contribution in [-0.2, 0) is 19.4 Å². The van der Waals surface area contributed by atoms with Gasteiger partial charge in [0.05, 0.1) is 22.5 Å². The minimum absolute atomic E-state index is 0.172. The second-order valence-electron chi connectivity index (χ2n) is 8.49. The largest absolute Gasteiger partial charge is 0.380 e. The number of hydrogen-bond donors (Lipinski definition) is 3. The van der Waals surface area contributed by atoms with Crippen molar-refractivity contribution in [1.29, 1.82) is 0 Å². The van der Waals surface area contributed by atoms with Gasteiger partial charge in [0.2, 0.25) is 0 Å². The third kappa shape index (κ3) is 4.73. The molecule has 0 saturated heterocycles. The Balaban J connectivity index is 1.29. The van der Waals surface area contributed by atoms with Gasteiger partial charge in [0.25, 0.3) is 0 Å². The van der Waals surface area contributed by atoms with Gasteiger partial charge in [-0.05, 0) is 59.8 Å². The molecule has 0 aromatic heterocycles. The molecule has 3 aromatic rings. The number of nitrogens with one attached hydrogen (secondary N) is 3. The van der Waals surface area contributed by atoms with E-state index in [2.05, 4.69) is 70.5 Å². The first kappa shape index (κ1) is 21.2. The summed E-state index contributed by atoms with van der Waals surface area (Å²) >= 11 is 6.57. The van der Waals surface area contributed by atoms with Crippen molar-refractivity contribution in [3.63, 3.8) is 0 Å². The molecule has 5 rings (SSSR count). The molecule has 32 heavy (non-hydrogen) atoms. The molecular weight excluding hydrogens is 416 g/mol. The molecule has 5 heteroatoms. The van der Waals surface area contributed by atoms with Gasteiger partial charge >= 0.3 is 0 Å². The van der Waals surface area contributed by atoms with Crippen LogP contribution in [0.3, 0.4) is 0 Å². The van der Waals surface area contributed by atoms with E-state index in [0.29, 0.717) is 0 Å². The van der Waals surface area contributed by atoms with E-state index in [1.807, 2.05) is 12.1 Å². The molecule has 1 atom stereocenters. The molecule has 2 aliphatic rings. The van der Waals surface area contributed by atoms with Crippen molar-refractivity contribution >= 4 is 23.0 Å². The minimum Gasteiger partial charge on any atom is -0.380 e. The zero-order valence-electron chi connectivity index (χ0n) is 18.2. The van der Waals surface area contributed by atoms with Crippen LogP contribution >= 0.6 is 11.6 Å². The normalized spacial score (nSPS) is 18.4. The second-order valence-corrected chi connectivity index (χ2v) is 8.90. The van der Waals surface area contributed by atoms with Crippen molar-refractivity contribution in [2.45, 2.75) is 25.4 Å². The van der Waals surface area contributed by atoms with Crippen LogP contribution in [0.1, 0.15) is 33.9 Å². The number of anilines is 1. The van der Waals surface area contributed by atoms with E-state index < -0.39 is 0 Å². The monoisotopic (exact) mass is 444 g/mol. The first-order chi connectivity index (χ1) is 15.8. The fourth-order valence-electron chi connectivity index (χ4n) is 4.59. The van der Waals surface area contributed by atoms with Crippen LogP contribution in [-0.4, -0.2) is 31.9 Å². The van der Waals surface area contributed by atoms with E-state index in [9.17, 15) is 0 Å². The van der Waals surface area contributed by atoms with Crippen molar-refractivity contribution in [3.8, 4) is 0 Å². The number of aliphatic imine (C=N–C) groups is 1. The van der Waals surface area contributed by atoms with Crippen molar-refractivity contribution in [1.82, 2.24) is 10.6 Å². The summed E-state index contributed by atoms with van der Waals surface area (Å²) in [6, 6.07) is 23.6. The summed E-state index contributed by atoms with van der Waals surface area (Å²) < 4.78 is 0. The zero-order chi connectivity index (χ0) is 21.8. The Labute approximate surface area is 195 Å². The van der Waals surface area contributed by atoms with Crippen LogP contribution in [0.15, 0.2) is 71.7 Å².